The molecule has 1 aromatic heterocycles. The highest BCUT2D eigenvalue weighted by molar-refractivity contribution is 5.76. The second kappa shape index (κ2) is 7.99. The zero-order valence-electron chi connectivity index (χ0n) is 12.3. The predicted molar refractivity (Wildman–Crippen MR) is 77.2 cm³/mol. The van der Waals surface area contributed by atoms with Crippen LogP contribution in [0.2, 0.25) is 0 Å². The van der Waals surface area contributed by atoms with Crippen LogP contribution in [0.25, 0.3) is 0 Å². The molecule has 2 rings (SSSR count). The van der Waals surface area contributed by atoms with Crippen molar-refractivity contribution in [3.05, 3.63) is 12.4 Å². The maximum atomic E-state index is 12.3. The monoisotopic (exact) mass is 279 g/mol. The summed E-state index contributed by atoms with van der Waals surface area (Å²) in [6, 6.07) is 0.464. The highest BCUT2D eigenvalue weighted by atomic mass is 16.2. The number of nitrogens with one attached hydrogen (secondary N) is 1. The fraction of sp³-hybridized carbons (Fsp3) is 0.786. The fourth-order valence-electron chi connectivity index (χ4n) is 2.65. The van der Waals surface area contributed by atoms with Crippen molar-refractivity contribution >= 4 is 5.91 Å². The van der Waals surface area contributed by atoms with Crippen LogP contribution in [-0.2, 0) is 11.3 Å². The van der Waals surface area contributed by atoms with Gasteiger partial charge in [0.25, 0.3) is 0 Å². The summed E-state index contributed by atoms with van der Waals surface area (Å²) < 4.78 is 1.71. The second-order valence-corrected chi connectivity index (χ2v) is 5.40. The Morgan fingerprint density at radius 3 is 3.05 bits per heavy atom. The molecule has 1 unspecified atom stereocenters. The lowest BCUT2D eigenvalue weighted by Crippen LogP contribution is -2.46. The molecule has 2 heterocycles. The van der Waals surface area contributed by atoms with Gasteiger partial charge in [-0.25, -0.2) is 0 Å². The quantitative estimate of drug-likeness (QED) is 0.810. The zero-order chi connectivity index (χ0) is 14.2. The Bertz CT molecular complexity index is 386. The van der Waals surface area contributed by atoms with E-state index in [-0.39, 0.29) is 5.91 Å². The topological polar surface area (TPSA) is 63.1 Å². The van der Waals surface area contributed by atoms with Crippen LogP contribution < -0.4 is 5.32 Å². The van der Waals surface area contributed by atoms with Crippen molar-refractivity contribution < 1.29 is 4.79 Å². The van der Waals surface area contributed by atoms with E-state index in [9.17, 15) is 4.79 Å². The first-order chi connectivity index (χ1) is 9.79. The molecular weight excluding hydrogens is 254 g/mol. The fourth-order valence-corrected chi connectivity index (χ4v) is 2.65. The first kappa shape index (κ1) is 15.0. The van der Waals surface area contributed by atoms with Gasteiger partial charge in [-0.3, -0.25) is 9.48 Å². The maximum absolute atomic E-state index is 12.3. The number of piperidine rings is 1. The number of aryl methyl sites for hydroxylation is 1. The molecule has 1 amide bonds. The van der Waals surface area contributed by atoms with Crippen LogP contribution in [0.3, 0.4) is 0 Å². The maximum Gasteiger partial charge on any atom is 0.224 e. The number of amides is 1. The lowest BCUT2D eigenvalue weighted by atomic mass is 10.0. The molecule has 0 aromatic carbocycles. The normalized spacial score (nSPS) is 18.9. The van der Waals surface area contributed by atoms with Crippen molar-refractivity contribution in [3.63, 3.8) is 0 Å². The Hall–Kier alpha value is -1.43. The Morgan fingerprint density at radius 2 is 2.40 bits per heavy atom. The minimum Gasteiger partial charge on any atom is -0.341 e. The van der Waals surface area contributed by atoms with Gasteiger partial charge in [-0.2, -0.15) is 0 Å². The third-order valence-electron chi connectivity index (χ3n) is 3.73. The summed E-state index contributed by atoms with van der Waals surface area (Å²) in [4.78, 5) is 14.3. The molecule has 0 bridgehead atoms. The third-order valence-corrected chi connectivity index (χ3v) is 3.73. The smallest absolute Gasteiger partial charge is 0.224 e. The molecule has 1 aliphatic rings. The molecule has 1 N–H and O–H groups in total. The van der Waals surface area contributed by atoms with E-state index in [0.717, 1.165) is 26.1 Å². The van der Waals surface area contributed by atoms with Gasteiger partial charge in [0, 0.05) is 31.7 Å². The van der Waals surface area contributed by atoms with Gasteiger partial charge < -0.3 is 10.2 Å². The van der Waals surface area contributed by atoms with Crippen LogP contribution in [0.1, 0.15) is 39.0 Å². The molecule has 6 nitrogen and oxygen atoms in total. The Morgan fingerprint density at radius 1 is 1.50 bits per heavy atom. The molecule has 1 fully saturated rings. The minimum absolute atomic E-state index is 0.217. The van der Waals surface area contributed by atoms with Crippen LogP contribution in [0.5, 0.6) is 0 Å². The minimum atomic E-state index is 0.217. The van der Waals surface area contributed by atoms with E-state index in [1.807, 2.05) is 4.90 Å². The Balaban J connectivity index is 1.81. The molecule has 0 aliphatic carbocycles. The molecule has 1 atom stereocenters. The van der Waals surface area contributed by atoms with Crippen molar-refractivity contribution in [2.75, 3.05) is 19.6 Å². The molecule has 1 aliphatic heterocycles. The van der Waals surface area contributed by atoms with Crippen molar-refractivity contribution in [2.24, 2.45) is 0 Å². The molecular formula is C14H25N5O. The molecule has 0 spiro atoms. The van der Waals surface area contributed by atoms with Crippen molar-refractivity contribution in [2.45, 2.75) is 51.6 Å². The van der Waals surface area contributed by atoms with Crippen LogP contribution >= 0.6 is 0 Å². The first-order valence-corrected chi connectivity index (χ1v) is 7.65. The standard InChI is InChI=1S/C14H25N5O/c1-2-9-18(12-13-5-3-4-7-15-13)14(20)6-10-19-11-8-16-17-19/h8,11,13,15H,2-7,9-10,12H2,1H3. The summed E-state index contributed by atoms with van der Waals surface area (Å²) in [6.07, 6.45) is 8.63. The van der Waals surface area contributed by atoms with E-state index in [0.29, 0.717) is 19.0 Å². The molecule has 112 valence electrons. The molecule has 1 aromatic rings. The van der Waals surface area contributed by atoms with E-state index in [4.69, 9.17) is 0 Å². The van der Waals surface area contributed by atoms with E-state index in [1.165, 1.54) is 19.3 Å². The van der Waals surface area contributed by atoms with Gasteiger partial charge in [0.1, 0.15) is 0 Å². The Kier molecular flexibility index (Phi) is 5.98. The lowest BCUT2D eigenvalue weighted by Gasteiger charge is -2.30. The second-order valence-electron chi connectivity index (χ2n) is 5.40. The summed E-state index contributed by atoms with van der Waals surface area (Å²) in [5.41, 5.74) is 0. The average Bonchev–Trinajstić information content (AvgIpc) is 2.99. The zero-order valence-corrected chi connectivity index (χ0v) is 12.3. The van der Waals surface area contributed by atoms with Gasteiger partial charge >= 0.3 is 0 Å². The van der Waals surface area contributed by atoms with E-state index in [2.05, 4.69) is 22.6 Å². The number of rotatable bonds is 7. The molecule has 6 heteroatoms. The summed E-state index contributed by atoms with van der Waals surface area (Å²) in [6.45, 7) is 5.49. The summed E-state index contributed by atoms with van der Waals surface area (Å²) in [7, 11) is 0. The van der Waals surface area contributed by atoms with Gasteiger partial charge in [-0.05, 0) is 25.8 Å². The number of carbonyl (C=O) groups is 1. The van der Waals surface area contributed by atoms with Gasteiger partial charge in [-0.1, -0.05) is 18.6 Å². The van der Waals surface area contributed by atoms with Gasteiger partial charge in [0.05, 0.1) is 12.7 Å². The average molecular weight is 279 g/mol. The SMILES string of the molecule is CCCN(CC1CCCCN1)C(=O)CCn1ccnn1. The first-order valence-electron chi connectivity index (χ1n) is 7.65. The number of hydrogen-bond donors (Lipinski definition) is 1. The third kappa shape index (κ3) is 4.59. The van der Waals surface area contributed by atoms with Crippen molar-refractivity contribution in [1.29, 1.82) is 0 Å². The van der Waals surface area contributed by atoms with Crippen molar-refractivity contribution in [3.8, 4) is 0 Å². The number of carbonyl (C=O) groups excluding carboxylic acids is 1. The van der Waals surface area contributed by atoms with Crippen molar-refractivity contribution in [1.82, 2.24) is 25.2 Å². The number of aromatic nitrogens is 3. The number of hydrogen-bond acceptors (Lipinski definition) is 4. The van der Waals surface area contributed by atoms with E-state index >= 15 is 0 Å². The van der Waals surface area contributed by atoms with E-state index in [1.54, 1.807) is 17.1 Å². The predicted octanol–water partition coefficient (Wildman–Crippen LogP) is 1.05. The highest BCUT2D eigenvalue weighted by Gasteiger charge is 2.19. The molecule has 20 heavy (non-hydrogen) atoms. The summed E-state index contributed by atoms with van der Waals surface area (Å²) in [5, 5.41) is 11.2. The summed E-state index contributed by atoms with van der Waals surface area (Å²) >= 11 is 0. The van der Waals surface area contributed by atoms with Crippen LogP contribution in [0, 0.1) is 0 Å². The molecule has 0 saturated carbocycles. The highest BCUT2D eigenvalue weighted by Crippen LogP contribution is 2.10. The lowest BCUT2D eigenvalue weighted by molar-refractivity contribution is -0.132. The van der Waals surface area contributed by atoms with Crippen LogP contribution in [0.15, 0.2) is 12.4 Å². The molecule has 0 radical (unpaired) electrons. The number of nitrogens with zero attached hydrogens (tertiary/aromatic N) is 4. The van der Waals surface area contributed by atoms with Crippen LogP contribution in [0.4, 0.5) is 0 Å². The largest absolute Gasteiger partial charge is 0.341 e. The molecule has 1 saturated heterocycles. The summed E-state index contributed by atoms with van der Waals surface area (Å²) in [5.74, 6) is 0.217. The van der Waals surface area contributed by atoms with Gasteiger partial charge in [-0.15, -0.1) is 5.10 Å². The Labute approximate surface area is 120 Å². The van der Waals surface area contributed by atoms with Gasteiger partial charge in [0.15, 0.2) is 0 Å². The van der Waals surface area contributed by atoms with E-state index < -0.39 is 0 Å². The van der Waals surface area contributed by atoms with Crippen LogP contribution in [-0.4, -0.2) is 51.5 Å². The van der Waals surface area contributed by atoms with Gasteiger partial charge in [0.2, 0.25) is 5.91 Å².